The van der Waals surface area contributed by atoms with E-state index in [0.717, 1.165) is 6.07 Å². The van der Waals surface area contributed by atoms with E-state index in [1.807, 2.05) is 0 Å². The molecule has 1 fully saturated rings. The summed E-state index contributed by atoms with van der Waals surface area (Å²) in [5, 5.41) is 11.7. The van der Waals surface area contributed by atoms with Gasteiger partial charge in [-0.1, -0.05) is 12.1 Å². The van der Waals surface area contributed by atoms with Crippen LogP contribution < -0.4 is 5.32 Å². The van der Waals surface area contributed by atoms with Gasteiger partial charge in [0.1, 0.15) is 11.6 Å². The first-order valence-electron chi connectivity index (χ1n) is 8.16. The van der Waals surface area contributed by atoms with Crippen LogP contribution in [0.4, 0.5) is 8.78 Å². The van der Waals surface area contributed by atoms with Crippen molar-refractivity contribution in [3.05, 3.63) is 48.1 Å². The van der Waals surface area contributed by atoms with E-state index < -0.39 is 35.0 Å². The molecular weight excluding hydrogens is 348 g/mol. The molecule has 0 bridgehead atoms. The molecular formula is C18H21F2NO5. The number of ether oxygens (including phenoxy) is 2. The third-order valence-corrected chi connectivity index (χ3v) is 4.35. The maximum absolute atomic E-state index is 14.4. The molecule has 1 heterocycles. The van der Waals surface area contributed by atoms with Crippen molar-refractivity contribution in [1.82, 2.24) is 5.32 Å². The van der Waals surface area contributed by atoms with E-state index in [1.54, 1.807) is 0 Å². The molecule has 26 heavy (non-hydrogen) atoms. The molecule has 1 atom stereocenters. The van der Waals surface area contributed by atoms with Crippen LogP contribution in [0.2, 0.25) is 0 Å². The number of aliphatic carboxylic acids is 1. The largest absolute Gasteiger partial charge is 0.480 e. The fourth-order valence-corrected chi connectivity index (χ4v) is 2.96. The van der Waals surface area contributed by atoms with Crippen LogP contribution >= 0.6 is 0 Å². The fourth-order valence-electron chi connectivity index (χ4n) is 2.96. The molecule has 0 saturated carbocycles. The van der Waals surface area contributed by atoms with E-state index in [0.29, 0.717) is 6.07 Å². The number of carbonyl (C=O) groups is 2. The summed E-state index contributed by atoms with van der Waals surface area (Å²) < 4.78 is 38.0. The molecule has 1 aromatic carbocycles. The van der Waals surface area contributed by atoms with Gasteiger partial charge in [0, 0.05) is 24.8 Å². The van der Waals surface area contributed by atoms with Crippen LogP contribution in [0.25, 0.3) is 0 Å². The number of amides is 1. The number of nitrogens with one attached hydrogen (secondary N) is 1. The summed E-state index contributed by atoms with van der Waals surface area (Å²) in [7, 11) is 0. The number of carboxylic acid groups (broad SMARTS) is 1. The first-order valence-corrected chi connectivity index (χ1v) is 8.16. The van der Waals surface area contributed by atoms with Gasteiger partial charge in [-0.3, -0.25) is 4.79 Å². The van der Waals surface area contributed by atoms with E-state index in [1.165, 1.54) is 12.1 Å². The molecule has 2 N–H and O–H groups in total. The van der Waals surface area contributed by atoms with Crippen molar-refractivity contribution < 1.29 is 33.0 Å². The summed E-state index contributed by atoms with van der Waals surface area (Å²) in [5.41, 5.74) is -1.31. The van der Waals surface area contributed by atoms with Crippen LogP contribution in [0.5, 0.6) is 0 Å². The summed E-state index contributed by atoms with van der Waals surface area (Å²) in [6.07, 6.45) is 1.76. The smallest absolute Gasteiger partial charge is 0.328 e. The summed E-state index contributed by atoms with van der Waals surface area (Å²) in [6.45, 7) is 3.74. The number of carboxylic acids is 1. The Morgan fingerprint density at radius 1 is 1.38 bits per heavy atom. The standard InChI is InChI=1S/C18H21F2NO5/c1-2-7-26-11-15(16(22)23)21-17(24)18(5-8-25-9-6-18)13-4-3-12(19)10-14(13)20/h2-4,10,15H,1,5-9,11H2,(H,21,24)(H,22,23). The highest BCUT2D eigenvalue weighted by molar-refractivity contribution is 5.91. The predicted molar refractivity (Wildman–Crippen MR) is 88.7 cm³/mol. The first kappa shape index (κ1) is 20.0. The second-order valence-corrected chi connectivity index (χ2v) is 6.01. The van der Waals surface area contributed by atoms with Crippen molar-refractivity contribution in [2.75, 3.05) is 26.4 Å². The van der Waals surface area contributed by atoms with Gasteiger partial charge in [-0.2, -0.15) is 0 Å². The number of rotatable bonds is 8. The van der Waals surface area contributed by atoms with Crippen LogP contribution in [-0.4, -0.2) is 49.5 Å². The van der Waals surface area contributed by atoms with Gasteiger partial charge in [0.2, 0.25) is 5.91 Å². The molecule has 0 radical (unpaired) electrons. The number of benzene rings is 1. The quantitative estimate of drug-likeness (QED) is 0.539. The van der Waals surface area contributed by atoms with Crippen molar-refractivity contribution in [2.24, 2.45) is 0 Å². The molecule has 0 aromatic heterocycles. The van der Waals surface area contributed by atoms with E-state index in [2.05, 4.69) is 11.9 Å². The van der Waals surface area contributed by atoms with Crippen LogP contribution in [0.15, 0.2) is 30.9 Å². The molecule has 1 aromatic rings. The van der Waals surface area contributed by atoms with Crippen LogP contribution in [0.1, 0.15) is 18.4 Å². The Balaban J connectivity index is 2.28. The predicted octanol–water partition coefficient (Wildman–Crippen LogP) is 1.78. The summed E-state index contributed by atoms with van der Waals surface area (Å²) in [5.74, 6) is -3.53. The van der Waals surface area contributed by atoms with Gasteiger partial charge in [-0.25, -0.2) is 13.6 Å². The highest BCUT2D eigenvalue weighted by Gasteiger charge is 2.44. The Morgan fingerprint density at radius 2 is 2.08 bits per heavy atom. The number of hydrogen-bond donors (Lipinski definition) is 2. The van der Waals surface area contributed by atoms with Crippen LogP contribution in [0.3, 0.4) is 0 Å². The van der Waals surface area contributed by atoms with Gasteiger partial charge in [0.05, 0.1) is 18.6 Å². The lowest BCUT2D eigenvalue weighted by Crippen LogP contribution is -2.54. The first-order chi connectivity index (χ1) is 12.4. The zero-order valence-electron chi connectivity index (χ0n) is 14.2. The number of carbonyl (C=O) groups excluding carboxylic acids is 1. The van der Waals surface area contributed by atoms with Crippen LogP contribution in [0, 0.1) is 11.6 Å². The molecule has 0 aliphatic carbocycles. The lowest BCUT2D eigenvalue weighted by Gasteiger charge is -2.37. The minimum atomic E-state index is -1.33. The van der Waals surface area contributed by atoms with Gasteiger partial charge in [0.15, 0.2) is 6.04 Å². The second kappa shape index (κ2) is 8.86. The maximum Gasteiger partial charge on any atom is 0.328 e. The average molecular weight is 369 g/mol. The molecule has 1 aliphatic heterocycles. The lowest BCUT2D eigenvalue weighted by atomic mass is 9.73. The SMILES string of the molecule is C=CCOCC(NC(=O)C1(c2ccc(F)cc2F)CCOCC1)C(=O)O. The van der Waals surface area contributed by atoms with Gasteiger partial charge >= 0.3 is 5.97 Å². The Kier molecular flexibility index (Phi) is 6.82. The van der Waals surface area contributed by atoms with Crippen molar-refractivity contribution >= 4 is 11.9 Å². The van der Waals surface area contributed by atoms with E-state index in [4.69, 9.17) is 9.47 Å². The highest BCUT2D eigenvalue weighted by Crippen LogP contribution is 2.37. The second-order valence-electron chi connectivity index (χ2n) is 6.01. The topological polar surface area (TPSA) is 84.9 Å². The molecule has 1 saturated heterocycles. The van der Waals surface area contributed by atoms with Gasteiger partial charge in [0.25, 0.3) is 0 Å². The van der Waals surface area contributed by atoms with Crippen molar-refractivity contribution in [3.63, 3.8) is 0 Å². The van der Waals surface area contributed by atoms with Crippen molar-refractivity contribution in [3.8, 4) is 0 Å². The zero-order chi connectivity index (χ0) is 19.2. The molecule has 2 rings (SSSR count). The van der Waals surface area contributed by atoms with Gasteiger partial charge in [-0.05, 0) is 18.9 Å². The monoisotopic (exact) mass is 369 g/mol. The molecule has 0 spiro atoms. The Bertz CT molecular complexity index is 674. The average Bonchev–Trinajstić information content (AvgIpc) is 2.61. The molecule has 1 aliphatic rings. The summed E-state index contributed by atoms with van der Waals surface area (Å²) in [4.78, 5) is 24.3. The Hall–Kier alpha value is -2.32. The van der Waals surface area contributed by atoms with E-state index in [-0.39, 0.29) is 44.8 Å². The van der Waals surface area contributed by atoms with Gasteiger partial charge < -0.3 is 19.9 Å². The Morgan fingerprint density at radius 3 is 2.65 bits per heavy atom. The molecule has 1 unspecified atom stereocenters. The molecule has 6 nitrogen and oxygen atoms in total. The molecule has 8 heteroatoms. The number of halogens is 2. The highest BCUT2D eigenvalue weighted by atomic mass is 19.1. The van der Waals surface area contributed by atoms with Crippen molar-refractivity contribution in [1.29, 1.82) is 0 Å². The normalized spacial score (nSPS) is 17.3. The minimum absolute atomic E-state index is 0.0239. The molecule has 142 valence electrons. The zero-order valence-corrected chi connectivity index (χ0v) is 14.2. The summed E-state index contributed by atoms with van der Waals surface area (Å²) in [6, 6.07) is 1.71. The van der Waals surface area contributed by atoms with E-state index in [9.17, 15) is 23.5 Å². The lowest BCUT2D eigenvalue weighted by molar-refractivity contribution is -0.145. The van der Waals surface area contributed by atoms with Crippen molar-refractivity contribution in [2.45, 2.75) is 24.3 Å². The summed E-state index contributed by atoms with van der Waals surface area (Å²) >= 11 is 0. The fraction of sp³-hybridized carbons (Fsp3) is 0.444. The third kappa shape index (κ3) is 4.44. The Labute approximate surface area is 149 Å². The number of hydrogen-bond acceptors (Lipinski definition) is 4. The van der Waals surface area contributed by atoms with E-state index >= 15 is 0 Å². The maximum atomic E-state index is 14.4. The third-order valence-electron chi connectivity index (χ3n) is 4.35. The van der Waals surface area contributed by atoms with Crippen LogP contribution in [-0.2, 0) is 24.5 Å². The van der Waals surface area contributed by atoms with Gasteiger partial charge in [-0.15, -0.1) is 6.58 Å². The minimum Gasteiger partial charge on any atom is -0.480 e. The molecule has 1 amide bonds.